The fraction of sp³-hybridized carbons (Fsp3) is 0.164. The Bertz CT molecular complexity index is 3680. The van der Waals surface area contributed by atoms with Gasteiger partial charge >= 0.3 is 0 Å². The number of anilines is 3. The Labute approximate surface area is 409 Å². The zero-order valence-electron chi connectivity index (χ0n) is 41.6. The van der Waals surface area contributed by atoms with Crippen LogP contribution < -0.4 is 4.90 Å². The van der Waals surface area contributed by atoms with Crippen molar-refractivity contribution in [2.75, 3.05) is 4.90 Å². The van der Waals surface area contributed by atoms with Gasteiger partial charge in [0.2, 0.25) is 0 Å². The van der Waals surface area contributed by atoms with E-state index in [1.807, 2.05) is 18.2 Å². The average molecular weight is 895 g/mol. The molecule has 11 aromatic rings. The zero-order chi connectivity index (χ0) is 48.0. The first-order valence-corrected chi connectivity index (χ1v) is 24.5. The van der Waals surface area contributed by atoms with Gasteiger partial charge in [0.25, 0.3) is 0 Å². The lowest BCUT2D eigenvalue weighted by Gasteiger charge is -2.32. The van der Waals surface area contributed by atoms with Gasteiger partial charge in [-0.25, -0.2) is 0 Å². The SMILES string of the molecule is Cc1ccc2c(c1)C(C)(C)c1cc(N(c3ccc4c5ccccc5n(C)c4c3)c3cccc(C)c3-c3ccccc3C(C)C)c3ccccc3c1-2.Cc1ccc2ccccc2c1.Cc1ccccc1. The van der Waals surface area contributed by atoms with Gasteiger partial charge in [0.15, 0.2) is 0 Å². The van der Waals surface area contributed by atoms with Gasteiger partial charge in [0.1, 0.15) is 0 Å². The number of hydrogen-bond acceptors (Lipinski definition) is 1. The average Bonchev–Trinajstić information content (AvgIpc) is 3.77. The van der Waals surface area contributed by atoms with Gasteiger partial charge in [-0.05, 0) is 119 Å². The van der Waals surface area contributed by atoms with Crippen LogP contribution >= 0.6 is 0 Å². The number of aryl methyl sites for hydroxylation is 5. The molecular formula is C67H62N2. The summed E-state index contributed by atoms with van der Waals surface area (Å²) < 4.78 is 2.35. The number of para-hydroxylation sites is 1. The van der Waals surface area contributed by atoms with E-state index in [0.29, 0.717) is 5.92 Å². The van der Waals surface area contributed by atoms with Crippen LogP contribution in [0.3, 0.4) is 0 Å². The number of benzene rings is 10. The molecule has 340 valence electrons. The molecule has 1 aromatic heterocycles. The maximum Gasteiger partial charge on any atom is 0.0543 e. The van der Waals surface area contributed by atoms with Gasteiger partial charge < -0.3 is 9.47 Å². The highest BCUT2D eigenvalue weighted by Crippen LogP contribution is 2.56. The minimum absolute atomic E-state index is 0.152. The molecule has 0 saturated carbocycles. The topological polar surface area (TPSA) is 8.17 Å². The molecule has 69 heavy (non-hydrogen) atoms. The Hall–Kier alpha value is -7.68. The van der Waals surface area contributed by atoms with E-state index in [1.165, 1.54) is 116 Å². The van der Waals surface area contributed by atoms with Gasteiger partial charge in [-0.1, -0.05) is 220 Å². The third-order valence-corrected chi connectivity index (χ3v) is 14.4. The highest BCUT2D eigenvalue weighted by atomic mass is 15.1. The molecule has 10 aromatic carbocycles. The number of hydrogen-bond donors (Lipinski definition) is 0. The number of fused-ring (bicyclic) bond motifs is 9. The van der Waals surface area contributed by atoms with Crippen molar-refractivity contribution in [3.8, 4) is 22.3 Å². The second kappa shape index (κ2) is 18.4. The summed E-state index contributed by atoms with van der Waals surface area (Å²) >= 11 is 0. The van der Waals surface area contributed by atoms with Crippen molar-refractivity contribution in [2.24, 2.45) is 7.05 Å². The predicted octanol–water partition coefficient (Wildman–Crippen LogP) is 18.8. The van der Waals surface area contributed by atoms with Crippen molar-refractivity contribution in [2.45, 2.75) is 66.7 Å². The Kier molecular flexibility index (Phi) is 12.1. The highest BCUT2D eigenvalue weighted by molar-refractivity contribution is 6.13. The van der Waals surface area contributed by atoms with E-state index in [2.05, 4.69) is 260 Å². The van der Waals surface area contributed by atoms with Gasteiger partial charge in [-0.2, -0.15) is 0 Å². The van der Waals surface area contributed by atoms with Crippen LogP contribution in [-0.4, -0.2) is 4.57 Å². The molecule has 0 bridgehead atoms. The maximum atomic E-state index is 2.56. The second-order valence-electron chi connectivity index (χ2n) is 19.9. The molecule has 0 radical (unpaired) electrons. The lowest BCUT2D eigenvalue weighted by molar-refractivity contribution is 0.660. The Morgan fingerprint density at radius 2 is 1.06 bits per heavy atom. The molecule has 0 saturated heterocycles. The fourth-order valence-electron chi connectivity index (χ4n) is 10.8. The van der Waals surface area contributed by atoms with Crippen LogP contribution in [0.2, 0.25) is 0 Å². The maximum absolute atomic E-state index is 2.56. The fourth-order valence-corrected chi connectivity index (χ4v) is 10.8. The molecule has 0 unspecified atom stereocenters. The lowest BCUT2D eigenvalue weighted by atomic mass is 9.81. The van der Waals surface area contributed by atoms with Crippen LogP contribution in [0.4, 0.5) is 17.1 Å². The summed E-state index contributed by atoms with van der Waals surface area (Å²) in [5.74, 6) is 0.387. The van der Waals surface area contributed by atoms with Gasteiger partial charge in [-0.3, -0.25) is 0 Å². The molecule has 2 nitrogen and oxygen atoms in total. The standard InChI is InChI=1S/C49H44N2.C11H10.C7H8/c1-30(2)34-16-8-10-19-38(34)47-32(4)15-14-22-44(47)51(33-24-26-37-35-17-12-13-21-43(35)50(7)45(37)28-33)46-29-42-48(39-20-11-9-18-36(39)46)40-25-23-31(3)27-41(40)49(42,5)6;1-9-6-7-10-4-2-3-5-11(10)8-9;1-7-5-3-2-4-6-7/h8-30H,1-7H3;2-8H,1H3;2-6H,1H3. The summed E-state index contributed by atoms with van der Waals surface area (Å²) in [6, 6.07) is 75.4. The molecule has 1 aliphatic carbocycles. The molecule has 0 spiro atoms. The number of aromatic nitrogens is 1. The molecule has 0 amide bonds. The van der Waals surface area contributed by atoms with Crippen LogP contribution in [0.1, 0.15) is 72.6 Å². The largest absolute Gasteiger partial charge is 0.344 e. The minimum Gasteiger partial charge on any atom is -0.344 e. The Morgan fingerprint density at radius 1 is 0.420 bits per heavy atom. The summed E-state index contributed by atoms with van der Waals surface area (Å²) in [6.07, 6.45) is 0. The van der Waals surface area contributed by atoms with Crippen LogP contribution in [-0.2, 0) is 12.5 Å². The Morgan fingerprint density at radius 3 is 1.81 bits per heavy atom. The predicted molar refractivity (Wildman–Crippen MR) is 299 cm³/mol. The van der Waals surface area contributed by atoms with Crippen molar-refractivity contribution in [3.05, 3.63) is 245 Å². The first kappa shape index (κ1) is 45.1. The Balaban J connectivity index is 0.000000255. The molecule has 0 N–H and O–H groups in total. The molecule has 0 aliphatic heterocycles. The summed E-state index contributed by atoms with van der Waals surface area (Å²) in [5.41, 5.74) is 20.5. The van der Waals surface area contributed by atoms with Crippen LogP contribution in [0.15, 0.2) is 206 Å². The molecule has 12 rings (SSSR count). The van der Waals surface area contributed by atoms with E-state index in [4.69, 9.17) is 0 Å². The van der Waals surface area contributed by atoms with Gasteiger partial charge in [0, 0.05) is 45.4 Å². The normalized spacial score (nSPS) is 12.4. The summed E-state index contributed by atoms with van der Waals surface area (Å²) in [6.45, 7) is 18.1. The van der Waals surface area contributed by atoms with Gasteiger partial charge in [0.05, 0.1) is 16.9 Å². The third kappa shape index (κ3) is 8.29. The molecule has 0 atom stereocenters. The number of rotatable bonds is 5. The van der Waals surface area contributed by atoms with Crippen LogP contribution in [0, 0.1) is 27.7 Å². The molecule has 2 heteroatoms. The summed E-state index contributed by atoms with van der Waals surface area (Å²) in [5, 5.41) is 7.76. The molecular weight excluding hydrogens is 833 g/mol. The zero-order valence-corrected chi connectivity index (χ0v) is 41.6. The van der Waals surface area contributed by atoms with Crippen LogP contribution in [0.25, 0.3) is 65.6 Å². The van der Waals surface area contributed by atoms with E-state index in [0.717, 1.165) is 5.69 Å². The van der Waals surface area contributed by atoms with E-state index >= 15 is 0 Å². The summed E-state index contributed by atoms with van der Waals surface area (Å²) in [7, 11) is 2.20. The monoisotopic (exact) mass is 894 g/mol. The molecule has 1 aliphatic rings. The first-order valence-electron chi connectivity index (χ1n) is 24.5. The van der Waals surface area contributed by atoms with Crippen molar-refractivity contribution >= 4 is 60.4 Å². The minimum atomic E-state index is -0.152. The smallest absolute Gasteiger partial charge is 0.0543 e. The molecule has 0 fully saturated rings. The quantitative estimate of drug-likeness (QED) is 0.167. The second-order valence-corrected chi connectivity index (χ2v) is 19.9. The van der Waals surface area contributed by atoms with E-state index < -0.39 is 0 Å². The summed E-state index contributed by atoms with van der Waals surface area (Å²) in [4.78, 5) is 2.56. The number of nitrogens with zero attached hydrogens (tertiary/aromatic N) is 2. The van der Waals surface area contributed by atoms with Crippen molar-refractivity contribution in [1.29, 1.82) is 0 Å². The van der Waals surface area contributed by atoms with Crippen molar-refractivity contribution < 1.29 is 0 Å². The van der Waals surface area contributed by atoms with E-state index in [9.17, 15) is 0 Å². The first-order chi connectivity index (χ1) is 33.4. The highest BCUT2D eigenvalue weighted by Gasteiger charge is 2.38. The van der Waals surface area contributed by atoms with Gasteiger partial charge in [-0.15, -0.1) is 0 Å². The van der Waals surface area contributed by atoms with E-state index in [-0.39, 0.29) is 5.41 Å². The van der Waals surface area contributed by atoms with Crippen molar-refractivity contribution in [3.63, 3.8) is 0 Å². The molecule has 1 heterocycles. The lowest BCUT2D eigenvalue weighted by Crippen LogP contribution is -2.17. The van der Waals surface area contributed by atoms with Crippen LogP contribution in [0.5, 0.6) is 0 Å². The van der Waals surface area contributed by atoms with Crippen molar-refractivity contribution in [1.82, 2.24) is 4.57 Å². The third-order valence-electron chi connectivity index (χ3n) is 14.4. The van der Waals surface area contributed by atoms with E-state index in [1.54, 1.807) is 0 Å².